The highest BCUT2D eigenvalue weighted by atomic mass is 16.1. The summed E-state index contributed by atoms with van der Waals surface area (Å²) in [6, 6.07) is 1.93. The second kappa shape index (κ2) is 4.04. The normalized spacial score (nSPS) is 23.6. The Morgan fingerprint density at radius 3 is 2.88 bits per heavy atom. The number of nitrogens with zero attached hydrogens (tertiary/aromatic N) is 2. The molecule has 3 heteroatoms. The zero-order chi connectivity index (χ0) is 11.8. The summed E-state index contributed by atoms with van der Waals surface area (Å²) in [5.74, 6) is 0.593. The standard InChI is InChI=1S/C13H20N2O/c1-13(2)7-4-5-11(13)12(16)9-10-6-8-15(3)14-10/h6,8,11H,4-5,7,9H2,1-3H3. The van der Waals surface area contributed by atoms with Gasteiger partial charge in [0.2, 0.25) is 0 Å². The molecule has 1 saturated carbocycles. The minimum absolute atomic E-state index is 0.186. The van der Waals surface area contributed by atoms with E-state index in [1.807, 2.05) is 19.3 Å². The molecule has 1 unspecified atom stereocenters. The number of Topliss-reactive ketones (excluding diaryl/α,β-unsaturated/α-hetero) is 1. The highest BCUT2D eigenvalue weighted by molar-refractivity contribution is 5.83. The lowest BCUT2D eigenvalue weighted by molar-refractivity contribution is -0.124. The van der Waals surface area contributed by atoms with Crippen LogP contribution in [0, 0.1) is 11.3 Å². The summed E-state index contributed by atoms with van der Waals surface area (Å²) in [5.41, 5.74) is 1.08. The summed E-state index contributed by atoms with van der Waals surface area (Å²) in [6.45, 7) is 4.42. The summed E-state index contributed by atoms with van der Waals surface area (Å²) in [7, 11) is 1.88. The third kappa shape index (κ3) is 2.18. The predicted octanol–water partition coefficient (Wildman–Crippen LogP) is 2.36. The minimum Gasteiger partial charge on any atom is -0.299 e. The number of hydrogen-bond acceptors (Lipinski definition) is 2. The molecule has 0 aliphatic heterocycles. The molecular formula is C13H20N2O. The summed E-state index contributed by atoms with van der Waals surface area (Å²) >= 11 is 0. The van der Waals surface area contributed by atoms with Gasteiger partial charge >= 0.3 is 0 Å². The van der Waals surface area contributed by atoms with E-state index >= 15 is 0 Å². The number of carbonyl (C=O) groups is 1. The lowest BCUT2D eigenvalue weighted by atomic mass is 9.78. The molecule has 1 aromatic heterocycles. The first-order valence-corrected chi connectivity index (χ1v) is 6.00. The Hall–Kier alpha value is -1.12. The van der Waals surface area contributed by atoms with E-state index in [4.69, 9.17) is 0 Å². The van der Waals surface area contributed by atoms with Crippen LogP contribution < -0.4 is 0 Å². The van der Waals surface area contributed by atoms with E-state index in [1.54, 1.807) is 4.68 Å². The number of rotatable bonds is 3. The summed E-state index contributed by atoms with van der Waals surface area (Å²) < 4.78 is 1.75. The van der Waals surface area contributed by atoms with Crippen LogP contribution in [0.2, 0.25) is 0 Å². The third-order valence-electron chi connectivity index (χ3n) is 3.77. The smallest absolute Gasteiger partial charge is 0.142 e. The van der Waals surface area contributed by atoms with E-state index in [0.29, 0.717) is 12.2 Å². The Labute approximate surface area is 96.8 Å². The fourth-order valence-electron chi connectivity index (χ4n) is 2.78. The Morgan fingerprint density at radius 2 is 2.38 bits per heavy atom. The fraction of sp³-hybridized carbons (Fsp3) is 0.692. The summed E-state index contributed by atoms with van der Waals surface area (Å²) in [4.78, 5) is 12.2. The molecule has 1 atom stereocenters. The van der Waals surface area contributed by atoms with Crippen molar-refractivity contribution < 1.29 is 4.79 Å². The summed E-state index contributed by atoms with van der Waals surface area (Å²) in [5, 5.41) is 4.27. The van der Waals surface area contributed by atoms with Crippen molar-refractivity contribution in [1.29, 1.82) is 0 Å². The van der Waals surface area contributed by atoms with Crippen molar-refractivity contribution in [2.24, 2.45) is 18.4 Å². The van der Waals surface area contributed by atoms with Crippen LogP contribution >= 0.6 is 0 Å². The molecule has 16 heavy (non-hydrogen) atoms. The van der Waals surface area contributed by atoms with Gasteiger partial charge in [0.25, 0.3) is 0 Å². The molecule has 0 amide bonds. The van der Waals surface area contributed by atoms with Crippen molar-refractivity contribution in [1.82, 2.24) is 9.78 Å². The van der Waals surface area contributed by atoms with Crippen molar-refractivity contribution in [3.05, 3.63) is 18.0 Å². The largest absolute Gasteiger partial charge is 0.299 e. The molecule has 1 aliphatic carbocycles. The Morgan fingerprint density at radius 1 is 1.62 bits per heavy atom. The second-order valence-corrected chi connectivity index (χ2v) is 5.56. The van der Waals surface area contributed by atoms with Gasteiger partial charge in [0.15, 0.2) is 0 Å². The van der Waals surface area contributed by atoms with Crippen LogP contribution in [0.4, 0.5) is 0 Å². The maximum absolute atomic E-state index is 12.2. The van der Waals surface area contributed by atoms with E-state index in [2.05, 4.69) is 18.9 Å². The molecule has 0 saturated heterocycles. The van der Waals surface area contributed by atoms with Crippen molar-refractivity contribution >= 4 is 5.78 Å². The molecule has 0 spiro atoms. The Balaban J connectivity index is 2.03. The minimum atomic E-state index is 0.186. The van der Waals surface area contributed by atoms with Crippen LogP contribution in [0.5, 0.6) is 0 Å². The van der Waals surface area contributed by atoms with Crippen LogP contribution in [-0.2, 0) is 18.3 Å². The molecule has 1 aliphatic rings. The molecule has 1 aromatic rings. The monoisotopic (exact) mass is 220 g/mol. The zero-order valence-corrected chi connectivity index (χ0v) is 10.4. The van der Waals surface area contributed by atoms with Gasteiger partial charge in [0, 0.05) is 19.2 Å². The van der Waals surface area contributed by atoms with Crippen LogP contribution in [0.1, 0.15) is 38.8 Å². The first-order valence-electron chi connectivity index (χ1n) is 6.00. The molecular weight excluding hydrogens is 200 g/mol. The zero-order valence-electron chi connectivity index (χ0n) is 10.4. The van der Waals surface area contributed by atoms with Gasteiger partial charge in [-0.05, 0) is 24.3 Å². The van der Waals surface area contributed by atoms with Crippen LogP contribution in [-0.4, -0.2) is 15.6 Å². The van der Waals surface area contributed by atoms with E-state index in [-0.39, 0.29) is 11.3 Å². The average molecular weight is 220 g/mol. The van der Waals surface area contributed by atoms with E-state index in [9.17, 15) is 4.79 Å². The fourth-order valence-corrected chi connectivity index (χ4v) is 2.78. The number of aryl methyl sites for hydroxylation is 1. The van der Waals surface area contributed by atoms with Gasteiger partial charge in [-0.15, -0.1) is 0 Å². The van der Waals surface area contributed by atoms with Crippen molar-refractivity contribution in [2.75, 3.05) is 0 Å². The number of aromatic nitrogens is 2. The van der Waals surface area contributed by atoms with Crippen molar-refractivity contribution in [2.45, 2.75) is 39.5 Å². The second-order valence-electron chi connectivity index (χ2n) is 5.56. The summed E-state index contributed by atoms with van der Waals surface area (Å²) in [6.07, 6.45) is 5.80. The van der Waals surface area contributed by atoms with Gasteiger partial charge in [-0.3, -0.25) is 9.48 Å². The Kier molecular flexibility index (Phi) is 2.87. The quantitative estimate of drug-likeness (QED) is 0.783. The molecule has 0 aromatic carbocycles. The molecule has 0 radical (unpaired) electrons. The van der Waals surface area contributed by atoms with Gasteiger partial charge in [-0.25, -0.2) is 0 Å². The third-order valence-corrected chi connectivity index (χ3v) is 3.77. The lowest BCUT2D eigenvalue weighted by Crippen LogP contribution is -2.27. The predicted molar refractivity (Wildman–Crippen MR) is 63.0 cm³/mol. The van der Waals surface area contributed by atoms with Crippen molar-refractivity contribution in [3.63, 3.8) is 0 Å². The van der Waals surface area contributed by atoms with Crippen LogP contribution in [0.3, 0.4) is 0 Å². The molecule has 1 heterocycles. The first kappa shape index (κ1) is 11.4. The molecule has 2 rings (SSSR count). The maximum atomic E-state index is 12.2. The van der Waals surface area contributed by atoms with Crippen LogP contribution in [0.15, 0.2) is 12.3 Å². The van der Waals surface area contributed by atoms with Crippen molar-refractivity contribution in [3.8, 4) is 0 Å². The van der Waals surface area contributed by atoms with Gasteiger partial charge in [0.05, 0.1) is 12.1 Å². The SMILES string of the molecule is Cn1ccc(CC(=O)C2CCCC2(C)C)n1. The maximum Gasteiger partial charge on any atom is 0.142 e. The highest BCUT2D eigenvalue weighted by Gasteiger charge is 2.38. The first-order chi connectivity index (χ1) is 7.49. The van der Waals surface area contributed by atoms with Gasteiger partial charge in [0.1, 0.15) is 5.78 Å². The van der Waals surface area contributed by atoms with Gasteiger partial charge in [-0.1, -0.05) is 20.3 Å². The molecule has 0 bridgehead atoms. The molecule has 0 N–H and O–H groups in total. The van der Waals surface area contributed by atoms with Gasteiger partial charge < -0.3 is 0 Å². The molecule has 1 fully saturated rings. The molecule has 3 nitrogen and oxygen atoms in total. The lowest BCUT2D eigenvalue weighted by Gasteiger charge is -2.25. The number of carbonyl (C=O) groups excluding carboxylic acids is 1. The average Bonchev–Trinajstić information content (AvgIpc) is 2.72. The number of hydrogen-bond donors (Lipinski definition) is 0. The van der Waals surface area contributed by atoms with E-state index in [1.165, 1.54) is 12.8 Å². The number of ketones is 1. The van der Waals surface area contributed by atoms with Gasteiger partial charge in [-0.2, -0.15) is 5.10 Å². The topological polar surface area (TPSA) is 34.9 Å². The Bertz CT molecular complexity index is 392. The highest BCUT2D eigenvalue weighted by Crippen LogP contribution is 2.43. The van der Waals surface area contributed by atoms with Crippen LogP contribution in [0.25, 0.3) is 0 Å². The molecule has 88 valence electrons. The van der Waals surface area contributed by atoms with E-state index in [0.717, 1.165) is 12.1 Å². The van der Waals surface area contributed by atoms with E-state index < -0.39 is 0 Å².